The molecule has 1 saturated heterocycles. The third-order valence-corrected chi connectivity index (χ3v) is 5.92. The predicted octanol–water partition coefficient (Wildman–Crippen LogP) is 2.13. The molecule has 2 atom stereocenters. The lowest BCUT2D eigenvalue weighted by Crippen LogP contribution is -2.57. The van der Waals surface area contributed by atoms with Gasteiger partial charge in [0.25, 0.3) is 15.7 Å². The molecule has 0 aromatic heterocycles. The fraction of sp³-hybridized carbons (Fsp3) is 0.467. The molecule has 1 aliphatic heterocycles. The number of likely N-dealkylation sites (tertiary alicyclic amines) is 1. The van der Waals surface area contributed by atoms with Crippen LogP contribution < -0.4 is 0 Å². The zero-order chi connectivity index (χ0) is 21.2. The van der Waals surface area contributed by atoms with Gasteiger partial charge in [-0.05, 0) is 25.5 Å². The SMILES string of the molecule is CC(N1CCCC1(C#N)OC(=O)C(F)(F)F)N(N=O)S(=O)(=O)c1ccccc1. The maximum atomic E-state index is 12.7. The first-order valence-electron chi connectivity index (χ1n) is 7.90. The predicted molar refractivity (Wildman–Crippen MR) is 87.2 cm³/mol. The van der Waals surface area contributed by atoms with Gasteiger partial charge in [-0.25, -0.2) is 9.69 Å². The third kappa shape index (κ3) is 3.92. The molecular formula is C15H15F3N4O5S. The van der Waals surface area contributed by atoms with Crippen molar-refractivity contribution in [3.05, 3.63) is 35.2 Å². The molecule has 1 aromatic carbocycles. The number of nitroso groups, excluding NO2 is 1. The molecule has 152 valence electrons. The highest BCUT2D eigenvalue weighted by Crippen LogP contribution is 2.36. The van der Waals surface area contributed by atoms with Crippen LogP contribution in [0, 0.1) is 16.2 Å². The molecule has 0 amide bonds. The van der Waals surface area contributed by atoms with E-state index in [2.05, 4.69) is 10.0 Å². The lowest BCUT2D eigenvalue weighted by Gasteiger charge is -2.38. The maximum absolute atomic E-state index is 12.7. The fourth-order valence-electron chi connectivity index (χ4n) is 2.90. The molecule has 0 N–H and O–H groups in total. The number of benzene rings is 1. The van der Waals surface area contributed by atoms with Crippen molar-refractivity contribution in [1.82, 2.24) is 9.31 Å². The number of halogens is 3. The Hall–Kier alpha value is -2.72. The summed E-state index contributed by atoms with van der Waals surface area (Å²) in [6.45, 7) is 1.05. The molecular weight excluding hydrogens is 405 g/mol. The van der Waals surface area contributed by atoms with Crippen LogP contribution in [0.5, 0.6) is 0 Å². The molecule has 28 heavy (non-hydrogen) atoms. The highest BCUT2D eigenvalue weighted by Gasteiger charge is 2.54. The number of ether oxygens (including phenoxy) is 1. The minimum Gasteiger partial charge on any atom is -0.423 e. The molecule has 2 unspecified atom stereocenters. The summed E-state index contributed by atoms with van der Waals surface area (Å²) in [7, 11) is -4.46. The summed E-state index contributed by atoms with van der Waals surface area (Å²) in [6, 6.07) is 8.25. The average molecular weight is 420 g/mol. The molecule has 1 heterocycles. The molecule has 2 rings (SSSR count). The summed E-state index contributed by atoms with van der Waals surface area (Å²) < 4.78 is 67.7. The Bertz CT molecular complexity index is 887. The van der Waals surface area contributed by atoms with Crippen molar-refractivity contribution >= 4 is 16.0 Å². The van der Waals surface area contributed by atoms with Gasteiger partial charge < -0.3 is 4.74 Å². The number of esters is 1. The van der Waals surface area contributed by atoms with Crippen LogP contribution in [0.1, 0.15) is 19.8 Å². The largest absolute Gasteiger partial charge is 0.491 e. The molecule has 1 fully saturated rings. The maximum Gasteiger partial charge on any atom is 0.491 e. The van der Waals surface area contributed by atoms with E-state index in [-0.39, 0.29) is 28.7 Å². The molecule has 9 nitrogen and oxygen atoms in total. The zero-order valence-electron chi connectivity index (χ0n) is 14.5. The number of sulfonamides is 1. The van der Waals surface area contributed by atoms with Gasteiger partial charge in [-0.15, -0.1) is 9.32 Å². The van der Waals surface area contributed by atoms with Crippen molar-refractivity contribution in [1.29, 1.82) is 5.26 Å². The lowest BCUT2D eigenvalue weighted by molar-refractivity contribution is -0.222. The van der Waals surface area contributed by atoms with E-state index in [0.29, 0.717) is 0 Å². The van der Waals surface area contributed by atoms with Crippen LogP contribution in [0.25, 0.3) is 0 Å². The lowest BCUT2D eigenvalue weighted by atomic mass is 10.1. The topological polar surface area (TPSA) is 120 Å². The van der Waals surface area contributed by atoms with Gasteiger partial charge in [0.15, 0.2) is 0 Å². The highest BCUT2D eigenvalue weighted by molar-refractivity contribution is 7.89. The van der Waals surface area contributed by atoms with Crippen molar-refractivity contribution in [2.24, 2.45) is 5.29 Å². The number of nitriles is 1. The van der Waals surface area contributed by atoms with E-state index in [4.69, 9.17) is 0 Å². The van der Waals surface area contributed by atoms with Crippen molar-refractivity contribution < 1.29 is 31.1 Å². The van der Waals surface area contributed by atoms with Gasteiger partial charge in [0.2, 0.25) is 0 Å². The normalized spacial score (nSPS) is 21.5. The molecule has 0 aliphatic carbocycles. The fourth-order valence-corrected chi connectivity index (χ4v) is 4.22. The van der Waals surface area contributed by atoms with E-state index in [0.717, 1.165) is 11.8 Å². The van der Waals surface area contributed by atoms with E-state index in [9.17, 15) is 36.6 Å². The van der Waals surface area contributed by atoms with E-state index < -0.39 is 34.1 Å². The molecule has 1 aliphatic rings. The van der Waals surface area contributed by atoms with Gasteiger partial charge in [0.1, 0.15) is 12.2 Å². The third-order valence-electron chi connectivity index (χ3n) is 4.18. The van der Waals surface area contributed by atoms with Crippen LogP contribution in [0.2, 0.25) is 0 Å². The smallest absolute Gasteiger partial charge is 0.423 e. The van der Waals surface area contributed by atoms with E-state index >= 15 is 0 Å². The summed E-state index contributed by atoms with van der Waals surface area (Å²) in [6.07, 6.45) is -7.01. The van der Waals surface area contributed by atoms with Gasteiger partial charge in [0, 0.05) is 13.0 Å². The second kappa shape index (κ2) is 7.72. The summed E-state index contributed by atoms with van der Waals surface area (Å²) in [5, 5.41) is 11.9. The molecule has 0 radical (unpaired) electrons. The summed E-state index contributed by atoms with van der Waals surface area (Å²) in [5.41, 5.74) is -2.39. The van der Waals surface area contributed by atoms with Crippen LogP contribution in [0.15, 0.2) is 40.5 Å². The highest BCUT2D eigenvalue weighted by atomic mass is 32.2. The molecule has 13 heteroatoms. The van der Waals surface area contributed by atoms with E-state index in [1.807, 2.05) is 0 Å². The molecule has 0 saturated carbocycles. The number of hydrogen-bond donors (Lipinski definition) is 0. The van der Waals surface area contributed by atoms with Gasteiger partial charge >= 0.3 is 12.1 Å². The monoisotopic (exact) mass is 420 g/mol. The average Bonchev–Trinajstić information content (AvgIpc) is 3.06. The number of alkyl halides is 3. The van der Waals surface area contributed by atoms with Crippen molar-refractivity contribution in [3.8, 4) is 6.07 Å². The number of carbonyl (C=O) groups excluding carboxylic acids is 1. The number of rotatable bonds is 6. The summed E-state index contributed by atoms with van der Waals surface area (Å²) in [5.74, 6) is -2.59. The first kappa shape index (κ1) is 21.6. The van der Waals surface area contributed by atoms with Gasteiger partial charge in [-0.1, -0.05) is 18.2 Å². The first-order valence-corrected chi connectivity index (χ1v) is 9.34. The van der Waals surface area contributed by atoms with Crippen molar-refractivity contribution in [2.75, 3.05) is 6.54 Å². The second-order valence-electron chi connectivity index (χ2n) is 5.88. The van der Waals surface area contributed by atoms with Crippen molar-refractivity contribution in [2.45, 2.75) is 42.7 Å². The molecule has 0 bridgehead atoms. The Labute approximate surface area is 158 Å². The number of nitrogens with zero attached hydrogens (tertiary/aromatic N) is 4. The summed E-state index contributed by atoms with van der Waals surface area (Å²) >= 11 is 0. The minimum atomic E-state index is -5.35. The molecule has 1 aromatic rings. The van der Waals surface area contributed by atoms with Crippen molar-refractivity contribution in [3.63, 3.8) is 0 Å². The van der Waals surface area contributed by atoms with Crippen LogP contribution in [0.4, 0.5) is 13.2 Å². The Morgan fingerprint density at radius 2 is 2.00 bits per heavy atom. The minimum absolute atomic E-state index is 0.101. The standard InChI is InChI=1S/C15H15F3N4O5S/c1-11(22(20-24)28(25,26)12-6-3-2-4-7-12)21-9-5-8-14(21,10-19)27-13(23)15(16,17)18/h2-4,6-7,11H,5,8-9H2,1H3. The summed E-state index contributed by atoms with van der Waals surface area (Å²) in [4.78, 5) is 23.2. The second-order valence-corrected chi connectivity index (χ2v) is 7.68. The van der Waals surface area contributed by atoms with Gasteiger partial charge in [0.05, 0.1) is 10.2 Å². The Balaban J connectivity index is 2.39. The van der Waals surface area contributed by atoms with Gasteiger partial charge in [-0.2, -0.15) is 26.9 Å². The van der Waals surface area contributed by atoms with Crippen LogP contribution in [-0.2, 0) is 19.6 Å². The van der Waals surface area contributed by atoms with E-state index in [1.165, 1.54) is 30.3 Å². The van der Waals surface area contributed by atoms with Crippen LogP contribution in [0.3, 0.4) is 0 Å². The Kier molecular flexibility index (Phi) is 5.95. The van der Waals surface area contributed by atoms with Gasteiger partial charge in [-0.3, -0.25) is 0 Å². The molecule has 0 spiro atoms. The Morgan fingerprint density at radius 1 is 1.39 bits per heavy atom. The number of hydrogen-bond acceptors (Lipinski definition) is 8. The van der Waals surface area contributed by atoms with Crippen LogP contribution >= 0.6 is 0 Å². The Morgan fingerprint density at radius 3 is 2.50 bits per heavy atom. The first-order chi connectivity index (χ1) is 13.0. The van der Waals surface area contributed by atoms with Crippen LogP contribution in [-0.4, -0.2) is 48.3 Å². The zero-order valence-corrected chi connectivity index (χ0v) is 15.3. The van der Waals surface area contributed by atoms with E-state index in [1.54, 1.807) is 6.07 Å². The number of carbonyl (C=O) groups is 1. The quantitative estimate of drug-likeness (QED) is 0.393.